The van der Waals surface area contributed by atoms with Gasteiger partial charge in [-0.3, -0.25) is 9.78 Å². The molecular weight excluding hydrogens is 288 g/mol. The smallest absolute Gasteiger partial charge is 0.330 e. The standard InChI is InChI=1S/C15H14N2O3S/c18-14(6-5-13-4-2-10-21-13)20-9-8-17-15(19)12-3-1-7-16-11-12/h1-7,10-11H,8-9H2,(H,17,19)/b6-5+. The Kier molecular flexibility index (Phi) is 5.66. The molecule has 0 aliphatic carbocycles. The third kappa shape index (κ3) is 5.19. The van der Waals surface area contributed by atoms with Crippen molar-refractivity contribution in [1.82, 2.24) is 10.3 Å². The molecule has 0 spiro atoms. The van der Waals surface area contributed by atoms with Gasteiger partial charge in [0, 0.05) is 23.3 Å². The summed E-state index contributed by atoms with van der Waals surface area (Å²) in [6.07, 6.45) is 6.14. The Hall–Kier alpha value is -2.47. The highest BCUT2D eigenvalue weighted by Crippen LogP contribution is 2.09. The van der Waals surface area contributed by atoms with E-state index in [0.717, 1.165) is 4.88 Å². The van der Waals surface area contributed by atoms with Crippen LogP contribution in [0.5, 0.6) is 0 Å². The van der Waals surface area contributed by atoms with Gasteiger partial charge in [0.1, 0.15) is 6.61 Å². The third-order valence-electron chi connectivity index (χ3n) is 2.48. The third-order valence-corrected chi connectivity index (χ3v) is 3.32. The zero-order chi connectivity index (χ0) is 14.9. The van der Waals surface area contributed by atoms with E-state index in [1.165, 1.54) is 23.6 Å². The largest absolute Gasteiger partial charge is 0.461 e. The number of ether oxygens (including phenoxy) is 1. The fourth-order valence-corrected chi connectivity index (χ4v) is 2.12. The van der Waals surface area contributed by atoms with Crippen molar-refractivity contribution < 1.29 is 14.3 Å². The summed E-state index contributed by atoms with van der Waals surface area (Å²) in [7, 11) is 0. The molecule has 5 nitrogen and oxygen atoms in total. The van der Waals surface area contributed by atoms with Crippen LogP contribution in [0.4, 0.5) is 0 Å². The Morgan fingerprint density at radius 2 is 2.24 bits per heavy atom. The molecule has 0 aliphatic heterocycles. The van der Waals surface area contributed by atoms with E-state index in [2.05, 4.69) is 10.3 Å². The normalized spacial score (nSPS) is 10.5. The molecule has 2 aromatic rings. The summed E-state index contributed by atoms with van der Waals surface area (Å²) in [6, 6.07) is 7.16. The highest BCUT2D eigenvalue weighted by Gasteiger charge is 2.04. The summed E-state index contributed by atoms with van der Waals surface area (Å²) >= 11 is 1.54. The minimum Gasteiger partial charge on any atom is -0.461 e. The minimum atomic E-state index is -0.431. The summed E-state index contributed by atoms with van der Waals surface area (Å²) in [5, 5.41) is 4.58. The van der Waals surface area contributed by atoms with Gasteiger partial charge in [-0.1, -0.05) is 6.07 Å². The Morgan fingerprint density at radius 3 is 2.95 bits per heavy atom. The lowest BCUT2D eigenvalue weighted by Gasteiger charge is -2.05. The van der Waals surface area contributed by atoms with Gasteiger partial charge in [-0.2, -0.15) is 0 Å². The lowest BCUT2D eigenvalue weighted by Crippen LogP contribution is -2.27. The zero-order valence-corrected chi connectivity index (χ0v) is 12.0. The maximum Gasteiger partial charge on any atom is 0.330 e. The lowest BCUT2D eigenvalue weighted by molar-refractivity contribution is -0.137. The van der Waals surface area contributed by atoms with Crippen molar-refractivity contribution in [3.8, 4) is 0 Å². The molecule has 0 saturated carbocycles. The van der Waals surface area contributed by atoms with E-state index in [0.29, 0.717) is 5.56 Å². The van der Waals surface area contributed by atoms with Gasteiger partial charge in [-0.15, -0.1) is 11.3 Å². The molecule has 6 heteroatoms. The van der Waals surface area contributed by atoms with Crippen molar-refractivity contribution in [2.24, 2.45) is 0 Å². The minimum absolute atomic E-state index is 0.125. The molecule has 0 radical (unpaired) electrons. The first-order valence-corrected chi connectivity index (χ1v) is 7.20. The predicted octanol–water partition coefficient (Wildman–Crippen LogP) is 2.13. The van der Waals surface area contributed by atoms with E-state index in [9.17, 15) is 9.59 Å². The number of thiophene rings is 1. The second-order valence-corrected chi connectivity index (χ2v) is 4.99. The van der Waals surface area contributed by atoms with Crippen LogP contribution in [0, 0.1) is 0 Å². The first kappa shape index (κ1) is 14.9. The number of pyridine rings is 1. The second-order valence-electron chi connectivity index (χ2n) is 4.01. The molecule has 1 N–H and O–H groups in total. The average Bonchev–Trinajstić information content (AvgIpc) is 3.03. The van der Waals surface area contributed by atoms with E-state index in [1.807, 2.05) is 17.5 Å². The Bertz CT molecular complexity index is 609. The molecule has 0 saturated heterocycles. The highest BCUT2D eigenvalue weighted by atomic mass is 32.1. The van der Waals surface area contributed by atoms with Crippen molar-refractivity contribution in [2.75, 3.05) is 13.2 Å². The van der Waals surface area contributed by atoms with Gasteiger partial charge >= 0.3 is 5.97 Å². The molecule has 0 bridgehead atoms. The summed E-state index contributed by atoms with van der Waals surface area (Å²) < 4.78 is 4.98. The quantitative estimate of drug-likeness (QED) is 0.504. The number of aromatic nitrogens is 1. The number of esters is 1. The monoisotopic (exact) mass is 302 g/mol. The molecule has 21 heavy (non-hydrogen) atoms. The van der Waals surface area contributed by atoms with Gasteiger partial charge in [-0.25, -0.2) is 4.79 Å². The van der Waals surface area contributed by atoms with Crippen LogP contribution in [0.15, 0.2) is 48.1 Å². The molecule has 108 valence electrons. The number of nitrogens with one attached hydrogen (secondary N) is 1. The van der Waals surface area contributed by atoms with E-state index in [4.69, 9.17) is 4.74 Å². The maximum atomic E-state index is 11.7. The highest BCUT2D eigenvalue weighted by molar-refractivity contribution is 7.10. The summed E-state index contributed by atoms with van der Waals surface area (Å²) in [5.74, 6) is -0.674. The molecule has 2 rings (SSSR count). The lowest BCUT2D eigenvalue weighted by atomic mass is 10.3. The molecular formula is C15H14N2O3S. The van der Waals surface area contributed by atoms with Crippen molar-refractivity contribution >= 4 is 29.3 Å². The van der Waals surface area contributed by atoms with Gasteiger partial charge < -0.3 is 10.1 Å². The SMILES string of the molecule is O=C(/C=C/c1cccs1)OCCNC(=O)c1cccnc1. The molecule has 2 aromatic heterocycles. The van der Waals surface area contributed by atoms with Crippen LogP contribution in [0.25, 0.3) is 6.08 Å². The van der Waals surface area contributed by atoms with Gasteiger partial charge in [0.25, 0.3) is 5.91 Å². The van der Waals surface area contributed by atoms with Gasteiger partial charge in [0.2, 0.25) is 0 Å². The van der Waals surface area contributed by atoms with Gasteiger partial charge in [0.15, 0.2) is 0 Å². The number of carbonyl (C=O) groups is 2. The van der Waals surface area contributed by atoms with Crippen molar-refractivity contribution in [3.63, 3.8) is 0 Å². The zero-order valence-electron chi connectivity index (χ0n) is 11.2. The molecule has 0 atom stereocenters. The van der Waals surface area contributed by atoms with Crippen LogP contribution in [-0.4, -0.2) is 30.0 Å². The number of hydrogen-bond acceptors (Lipinski definition) is 5. The predicted molar refractivity (Wildman–Crippen MR) is 80.9 cm³/mol. The van der Waals surface area contributed by atoms with Crippen molar-refractivity contribution in [1.29, 1.82) is 0 Å². The fourth-order valence-electron chi connectivity index (χ4n) is 1.50. The van der Waals surface area contributed by atoms with Crippen LogP contribution in [0.1, 0.15) is 15.2 Å². The number of rotatable bonds is 6. The van der Waals surface area contributed by atoms with E-state index < -0.39 is 5.97 Å². The Labute approximate surface area is 126 Å². The van der Waals surface area contributed by atoms with Crippen LogP contribution in [0.3, 0.4) is 0 Å². The molecule has 2 heterocycles. The van der Waals surface area contributed by atoms with Crippen LogP contribution in [-0.2, 0) is 9.53 Å². The second kappa shape index (κ2) is 7.96. The Balaban J connectivity index is 1.65. The first-order valence-electron chi connectivity index (χ1n) is 6.32. The first-order chi connectivity index (χ1) is 10.3. The van der Waals surface area contributed by atoms with E-state index >= 15 is 0 Å². The topological polar surface area (TPSA) is 68.3 Å². The van der Waals surface area contributed by atoms with Crippen molar-refractivity contribution in [3.05, 3.63) is 58.6 Å². The molecule has 0 fully saturated rings. The van der Waals surface area contributed by atoms with Crippen LogP contribution >= 0.6 is 11.3 Å². The van der Waals surface area contributed by atoms with Crippen LogP contribution in [0.2, 0.25) is 0 Å². The number of nitrogens with zero attached hydrogens (tertiary/aromatic N) is 1. The Morgan fingerprint density at radius 1 is 1.33 bits per heavy atom. The van der Waals surface area contributed by atoms with Gasteiger partial charge in [-0.05, 0) is 29.7 Å². The maximum absolute atomic E-state index is 11.7. The molecule has 0 unspecified atom stereocenters. The van der Waals surface area contributed by atoms with Crippen molar-refractivity contribution in [2.45, 2.75) is 0 Å². The molecule has 1 amide bonds. The average molecular weight is 302 g/mol. The van der Waals surface area contributed by atoms with E-state index in [1.54, 1.807) is 24.4 Å². The molecule has 0 aliphatic rings. The fraction of sp³-hybridized carbons (Fsp3) is 0.133. The number of carbonyl (C=O) groups excluding carboxylic acids is 2. The van der Waals surface area contributed by atoms with Crippen LogP contribution < -0.4 is 5.32 Å². The summed E-state index contributed by atoms with van der Waals surface area (Å²) in [4.78, 5) is 27.9. The molecule has 0 aromatic carbocycles. The number of hydrogen-bond donors (Lipinski definition) is 1. The summed E-state index contributed by atoms with van der Waals surface area (Å²) in [6.45, 7) is 0.381. The summed E-state index contributed by atoms with van der Waals surface area (Å²) in [5.41, 5.74) is 0.474. The van der Waals surface area contributed by atoms with Gasteiger partial charge in [0.05, 0.1) is 12.1 Å². The van der Waals surface area contributed by atoms with E-state index in [-0.39, 0.29) is 19.1 Å². The number of amides is 1.